The number of amides is 1. The van der Waals surface area contributed by atoms with Crippen molar-refractivity contribution >= 4 is 46.2 Å². The average Bonchev–Trinajstić information content (AvgIpc) is 2.61. The summed E-state index contributed by atoms with van der Waals surface area (Å²) < 4.78 is 21.3. The Labute approximate surface area is 166 Å². The number of anilines is 1. The van der Waals surface area contributed by atoms with Crippen molar-refractivity contribution in [2.45, 2.75) is 38.3 Å². The molecule has 1 aromatic rings. The first-order valence-electron chi connectivity index (χ1n) is 8.01. The number of rotatable bonds is 5. The van der Waals surface area contributed by atoms with E-state index in [1.165, 1.54) is 27.1 Å². The number of hydrogen-bond donors (Lipinski definition) is 0. The molecule has 27 heavy (non-hydrogen) atoms. The number of esters is 2. The average molecular weight is 420 g/mol. The molecule has 148 valence electrons. The molecule has 3 unspecified atom stereocenters. The molecule has 10 heteroatoms. The molecule has 8 nitrogen and oxygen atoms in total. The predicted octanol–water partition coefficient (Wildman–Crippen LogP) is 3.12. The van der Waals surface area contributed by atoms with Gasteiger partial charge in [0, 0.05) is 31.8 Å². The fourth-order valence-electron chi connectivity index (χ4n) is 2.62. The van der Waals surface area contributed by atoms with E-state index < -0.39 is 35.8 Å². The lowest BCUT2D eigenvalue weighted by Crippen LogP contribution is -2.44. The number of ether oxygens (including phenoxy) is 4. The van der Waals surface area contributed by atoms with E-state index in [2.05, 4.69) is 0 Å². The second-order valence-electron chi connectivity index (χ2n) is 5.82. The fraction of sp³-hybridized carbons (Fsp3) is 0.471. The van der Waals surface area contributed by atoms with Crippen LogP contribution in [-0.2, 0) is 23.8 Å². The van der Waals surface area contributed by atoms with Gasteiger partial charge in [-0.2, -0.15) is 0 Å². The highest BCUT2D eigenvalue weighted by atomic mass is 35.5. The van der Waals surface area contributed by atoms with Gasteiger partial charge in [0.05, 0.1) is 12.8 Å². The molecule has 2 rings (SSSR count). The van der Waals surface area contributed by atoms with Crippen LogP contribution in [0.4, 0.5) is 10.5 Å². The van der Waals surface area contributed by atoms with Crippen LogP contribution in [0.1, 0.15) is 19.8 Å². The first-order valence-corrected chi connectivity index (χ1v) is 8.76. The molecule has 0 bridgehead atoms. The molecule has 1 aromatic carbocycles. The number of nitrogens with zero attached hydrogens (tertiary/aromatic N) is 1. The third-order valence-electron chi connectivity index (χ3n) is 3.85. The molecule has 1 heterocycles. The third-order valence-corrected chi connectivity index (χ3v) is 4.34. The highest BCUT2D eigenvalue weighted by Crippen LogP contribution is 2.34. The van der Waals surface area contributed by atoms with Crippen LogP contribution in [0.25, 0.3) is 0 Å². The van der Waals surface area contributed by atoms with E-state index in [9.17, 15) is 14.4 Å². The van der Waals surface area contributed by atoms with Crippen LogP contribution in [0.15, 0.2) is 18.2 Å². The molecule has 1 aliphatic heterocycles. The summed E-state index contributed by atoms with van der Waals surface area (Å²) in [5.74, 6) is -0.832. The Morgan fingerprint density at radius 2 is 1.96 bits per heavy atom. The van der Waals surface area contributed by atoms with Gasteiger partial charge in [-0.25, -0.2) is 4.79 Å². The van der Waals surface area contributed by atoms with Gasteiger partial charge in [-0.15, -0.1) is 0 Å². The second kappa shape index (κ2) is 9.25. The molecule has 1 amide bonds. The van der Waals surface area contributed by atoms with Crippen LogP contribution in [0.3, 0.4) is 0 Å². The fourth-order valence-corrected chi connectivity index (χ4v) is 2.88. The van der Waals surface area contributed by atoms with Gasteiger partial charge in [0.2, 0.25) is 6.29 Å². The van der Waals surface area contributed by atoms with Gasteiger partial charge >= 0.3 is 17.3 Å². The topological polar surface area (TPSA) is 91.4 Å². The smallest absolute Gasteiger partial charge is 0.335 e. The van der Waals surface area contributed by atoms with Crippen molar-refractivity contribution in [1.82, 2.24) is 0 Å². The third kappa shape index (κ3) is 5.72. The molecule has 3 atom stereocenters. The van der Waals surface area contributed by atoms with Crippen LogP contribution in [-0.4, -0.2) is 50.0 Å². The summed E-state index contributed by atoms with van der Waals surface area (Å²) in [6.07, 6.45) is -2.13. The monoisotopic (exact) mass is 419 g/mol. The van der Waals surface area contributed by atoms with E-state index in [1.54, 1.807) is 12.1 Å². The lowest BCUT2D eigenvalue weighted by atomic mass is 10.0. The summed E-state index contributed by atoms with van der Waals surface area (Å²) in [5, 5.41) is -0.367. The van der Waals surface area contributed by atoms with Crippen LogP contribution < -0.4 is 9.64 Å². The van der Waals surface area contributed by atoms with E-state index in [-0.39, 0.29) is 18.6 Å². The summed E-state index contributed by atoms with van der Waals surface area (Å²) in [6, 6.07) is 4.61. The van der Waals surface area contributed by atoms with Crippen LogP contribution in [0, 0.1) is 0 Å². The molecule has 0 radical (unpaired) electrons. The first kappa shape index (κ1) is 21.3. The second-order valence-corrected chi connectivity index (χ2v) is 6.58. The maximum atomic E-state index is 11.9. The zero-order chi connectivity index (χ0) is 20.1. The number of carbonyl (C=O) groups is 3. The Morgan fingerprint density at radius 3 is 2.56 bits per heavy atom. The van der Waals surface area contributed by atoms with Gasteiger partial charge in [0.15, 0.2) is 6.10 Å². The van der Waals surface area contributed by atoms with E-state index >= 15 is 0 Å². The van der Waals surface area contributed by atoms with Crippen molar-refractivity contribution in [3.63, 3.8) is 0 Å². The van der Waals surface area contributed by atoms with Crippen molar-refractivity contribution in [3.05, 3.63) is 23.2 Å². The number of hydrogen-bond acceptors (Lipinski definition) is 7. The number of carbonyl (C=O) groups excluding carboxylic acids is 3. The van der Waals surface area contributed by atoms with Crippen molar-refractivity contribution in [3.8, 4) is 5.75 Å². The van der Waals surface area contributed by atoms with E-state index in [0.29, 0.717) is 10.7 Å². The molecule has 1 saturated heterocycles. The molecular weight excluding hydrogens is 401 g/mol. The quantitative estimate of drug-likeness (QED) is 0.411. The summed E-state index contributed by atoms with van der Waals surface area (Å²) >= 11 is 11.5. The maximum Gasteiger partial charge on any atom is 0.335 e. The van der Waals surface area contributed by atoms with Gasteiger partial charge in [-0.3, -0.25) is 14.5 Å². The molecule has 0 aliphatic carbocycles. The van der Waals surface area contributed by atoms with Crippen LogP contribution >= 0.6 is 23.2 Å². The summed E-state index contributed by atoms with van der Waals surface area (Å²) in [6.45, 7) is 1.27. The number of methoxy groups -OCH3 is 1. The van der Waals surface area contributed by atoms with Crippen molar-refractivity contribution in [2.75, 3.05) is 19.1 Å². The summed E-state index contributed by atoms with van der Waals surface area (Å²) in [7, 11) is 2.68. The minimum absolute atomic E-state index is 0.152. The molecule has 0 aromatic heterocycles. The minimum Gasteiger partial charge on any atom is -0.467 e. The lowest BCUT2D eigenvalue weighted by molar-refractivity contribution is -0.204. The van der Waals surface area contributed by atoms with Crippen molar-refractivity contribution in [2.24, 2.45) is 0 Å². The van der Waals surface area contributed by atoms with Crippen LogP contribution in [0.5, 0.6) is 5.75 Å². The SMILES string of the molecule is COC(=O)C1CC(OC(C)=O)CC(Oc2ccc(Cl)cc2N(C)C(=O)Cl)O1. The Bertz CT molecular complexity index is 727. The summed E-state index contributed by atoms with van der Waals surface area (Å²) in [5.41, 5.74) is 0.315. The van der Waals surface area contributed by atoms with Gasteiger partial charge < -0.3 is 18.9 Å². The Balaban J connectivity index is 2.24. The molecule has 0 N–H and O–H groups in total. The Morgan fingerprint density at radius 1 is 1.26 bits per heavy atom. The zero-order valence-corrected chi connectivity index (χ0v) is 16.5. The predicted molar refractivity (Wildman–Crippen MR) is 97.2 cm³/mol. The van der Waals surface area contributed by atoms with Crippen LogP contribution in [0.2, 0.25) is 5.02 Å². The van der Waals surface area contributed by atoms with E-state index in [1.807, 2.05) is 0 Å². The molecule has 1 aliphatic rings. The van der Waals surface area contributed by atoms with Crippen molar-refractivity contribution < 1.29 is 33.3 Å². The number of benzene rings is 1. The van der Waals surface area contributed by atoms with Gasteiger partial charge in [0.1, 0.15) is 11.9 Å². The van der Waals surface area contributed by atoms with Gasteiger partial charge in [-0.1, -0.05) is 11.6 Å². The normalized spacial score (nSPS) is 21.9. The first-order chi connectivity index (χ1) is 12.7. The molecule has 0 saturated carbocycles. The molecular formula is C17H19Cl2NO7. The lowest BCUT2D eigenvalue weighted by Gasteiger charge is -2.34. The maximum absolute atomic E-state index is 11.9. The van der Waals surface area contributed by atoms with Gasteiger partial charge in [-0.05, 0) is 29.8 Å². The zero-order valence-electron chi connectivity index (χ0n) is 14.9. The Kier molecular flexibility index (Phi) is 7.29. The summed E-state index contributed by atoms with van der Waals surface area (Å²) in [4.78, 5) is 35.8. The number of halogens is 2. The molecule has 1 fully saturated rings. The van der Waals surface area contributed by atoms with Crippen molar-refractivity contribution in [1.29, 1.82) is 0 Å². The highest BCUT2D eigenvalue weighted by Gasteiger charge is 2.37. The Hall–Kier alpha value is -2.03. The van der Waals surface area contributed by atoms with E-state index in [0.717, 1.165) is 4.90 Å². The largest absolute Gasteiger partial charge is 0.467 e. The van der Waals surface area contributed by atoms with E-state index in [4.69, 9.17) is 42.1 Å². The molecule has 0 spiro atoms. The standard InChI is InChI=1S/C17H19Cl2NO7/c1-9(21)25-11-7-14(16(22)24-3)27-15(8-11)26-13-5-4-10(18)6-12(13)20(2)17(19)23/h4-6,11,14-15H,7-8H2,1-3H3. The minimum atomic E-state index is -0.957. The van der Waals surface area contributed by atoms with Gasteiger partial charge in [0.25, 0.3) is 0 Å². The highest BCUT2D eigenvalue weighted by molar-refractivity contribution is 6.66.